The van der Waals surface area contributed by atoms with E-state index in [2.05, 4.69) is 0 Å². The molecule has 0 aromatic heterocycles. The summed E-state index contributed by atoms with van der Waals surface area (Å²) in [6.07, 6.45) is 3.51. The molecule has 0 atom stereocenters. The molecule has 18 heavy (non-hydrogen) atoms. The van der Waals surface area contributed by atoms with Crippen LogP contribution in [0, 0.1) is 10.1 Å². The molecule has 1 aromatic rings. The molecule has 1 saturated heterocycles. The molecule has 1 heterocycles. The van der Waals surface area contributed by atoms with Crippen LogP contribution in [0.5, 0.6) is 0 Å². The fourth-order valence-electron chi connectivity index (χ4n) is 1.62. The Bertz CT molecular complexity index is 452. The zero-order valence-electron chi connectivity index (χ0n) is 9.54. The van der Waals surface area contributed by atoms with Crippen molar-refractivity contribution in [3.8, 4) is 0 Å². The highest BCUT2D eigenvalue weighted by Crippen LogP contribution is 2.24. The van der Waals surface area contributed by atoms with Gasteiger partial charge < -0.3 is 9.47 Å². The van der Waals surface area contributed by atoms with Crippen LogP contribution in [0.15, 0.2) is 30.3 Å². The minimum Gasteiger partial charge on any atom is -0.343 e. The molecular formula is C12H12ClNO4. The van der Waals surface area contributed by atoms with Gasteiger partial charge in [-0.3, -0.25) is 10.1 Å². The molecule has 0 bridgehead atoms. The summed E-state index contributed by atoms with van der Waals surface area (Å²) in [5, 5.41) is 10.5. The molecule has 96 valence electrons. The van der Waals surface area contributed by atoms with Gasteiger partial charge in [-0.1, -0.05) is 6.08 Å². The largest absolute Gasteiger partial charge is 0.343 e. The number of nitrogens with zero attached hydrogens (tertiary/aromatic N) is 1. The summed E-state index contributed by atoms with van der Waals surface area (Å²) in [6, 6.07) is 6.21. The molecule has 5 nitrogen and oxygen atoms in total. The zero-order valence-corrected chi connectivity index (χ0v) is 10.3. The Labute approximate surface area is 109 Å². The maximum absolute atomic E-state index is 10.5. The molecule has 0 aliphatic carbocycles. The third-order valence-corrected chi connectivity index (χ3v) is 2.97. The molecule has 1 aliphatic rings. The van der Waals surface area contributed by atoms with E-state index in [1.807, 2.05) is 0 Å². The van der Waals surface area contributed by atoms with Gasteiger partial charge in [0.15, 0.2) is 0 Å². The van der Waals surface area contributed by atoms with E-state index in [4.69, 9.17) is 21.1 Å². The smallest absolute Gasteiger partial charge is 0.269 e. The van der Waals surface area contributed by atoms with Crippen LogP contribution in [0.3, 0.4) is 0 Å². The third-order valence-electron chi connectivity index (χ3n) is 2.60. The first-order chi connectivity index (χ1) is 8.65. The van der Waals surface area contributed by atoms with Crippen LogP contribution in [0.1, 0.15) is 5.56 Å². The fraction of sp³-hybridized carbons (Fsp3) is 0.333. The van der Waals surface area contributed by atoms with Gasteiger partial charge in [0.2, 0.25) is 5.79 Å². The van der Waals surface area contributed by atoms with E-state index in [9.17, 15) is 10.1 Å². The van der Waals surface area contributed by atoms with Crippen LogP contribution in [0.25, 0.3) is 6.08 Å². The van der Waals surface area contributed by atoms with Crippen molar-refractivity contribution in [1.29, 1.82) is 0 Å². The number of hydrogen-bond acceptors (Lipinski definition) is 4. The highest BCUT2D eigenvalue weighted by molar-refractivity contribution is 6.18. The van der Waals surface area contributed by atoms with Crippen LogP contribution < -0.4 is 0 Å². The summed E-state index contributed by atoms with van der Waals surface area (Å²) in [5.74, 6) is -0.667. The van der Waals surface area contributed by atoms with Crippen LogP contribution >= 0.6 is 11.6 Å². The Morgan fingerprint density at radius 2 is 1.94 bits per heavy atom. The summed E-state index contributed by atoms with van der Waals surface area (Å²) < 4.78 is 10.8. The molecular weight excluding hydrogens is 258 g/mol. The Balaban J connectivity index is 2.10. The van der Waals surface area contributed by atoms with Crippen molar-refractivity contribution in [3.05, 3.63) is 46.0 Å². The maximum atomic E-state index is 10.5. The van der Waals surface area contributed by atoms with Crippen molar-refractivity contribution in [1.82, 2.24) is 0 Å². The van der Waals surface area contributed by atoms with E-state index in [0.29, 0.717) is 13.2 Å². The second-order valence-corrected chi connectivity index (χ2v) is 4.09. The van der Waals surface area contributed by atoms with Crippen molar-refractivity contribution in [2.45, 2.75) is 5.79 Å². The predicted molar refractivity (Wildman–Crippen MR) is 67.5 cm³/mol. The van der Waals surface area contributed by atoms with Crippen molar-refractivity contribution in [2.24, 2.45) is 0 Å². The van der Waals surface area contributed by atoms with Gasteiger partial charge in [0.1, 0.15) is 0 Å². The first-order valence-corrected chi connectivity index (χ1v) is 5.96. The van der Waals surface area contributed by atoms with Crippen LogP contribution in [-0.2, 0) is 9.47 Å². The second kappa shape index (κ2) is 5.48. The Morgan fingerprint density at radius 3 is 2.44 bits per heavy atom. The highest BCUT2D eigenvalue weighted by Gasteiger charge is 2.32. The third kappa shape index (κ3) is 2.87. The molecule has 0 amide bonds. The van der Waals surface area contributed by atoms with Gasteiger partial charge in [0.25, 0.3) is 5.69 Å². The number of non-ortho nitro benzene ring substituents is 1. The standard InChI is InChI=1S/C12H12ClNO4/c13-9-12(17-7-8-18-12)6-5-10-1-3-11(4-2-10)14(15)16/h1-6H,7-9H2/b6-5-. The van der Waals surface area contributed by atoms with Crippen molar-refractivity contribution >= 4 is 23.4 Å². The number of hydrogen-bond donors (Lipinski definition) is 0. The SMILES string of the molecule is O=[N+]([O-])c1ccc(/C=C\C2(CCl)OCCO2)cc1. The van der Waals surface area contributed by atoms with Gasteiger partial charge in [-0.15, -0.1) is 11.6 Å². The lowest BCUT2D eigenvalue weighted by molar-refractivity contribution is -0.384. The number of ether oxygens (including phenoxy) is 2. The lowest BCUT2D eigenvalue weighted by Gasteiger charge is -2.20. The quantitative estimate of drug-likeness (QED) is 0.479. The monoisotopic (exact) mass is 269 g/mol. The number of halogens is 1. The minimum atomic E-state index is -0.872. The van der Waals surface area contributed by atoms with Crippen molar-refractivity contribution < 1.29 is 14.4 Å². The first-order valence-electron chi connectivity index (χ1n) is 5.43. The number of nitro groups is 1. The Kier molecular flexibility index (Phi) is 3.96. The number of rotatable bonds is 4. The number of alkyl halides is 1. The van der Waals surface area contributed by atoms with Gasteiger partial charge in [0.05, 0.1) is 24.0 Å². The van der Waals surface area contributed by atoms with Gasteiger partial charge in [-0.05, 0) is 23.8 Å². The lowest BCUT2D eigenvalue weighted by atomic mass is 10.1. The molecule has 0 saturated carbocycles. The number of nitro benzene ring substituents is 1. The van der Waals surface area contributed by atoms with E-state index in [1.54, 1.807) is 24.3 Å². The fourth-order valence-corrected chi connectivity index (χ4v) is 1.86. The maximum Gasteiger partial charge on any atom is 0.269 e. The number of benzene rings is 1. The van der Waals surface area contributed by atoms with E-state index in [1.165, 1.54) is 12.1 Å². The van der Waals surface area contributed by atoms with Crippen LogP contribution in [-0.4, -0.2) is 29.8 Å². The average molecular weight is 270 g/mol. The molecule has 0 radical (unpaired) electrons. The van der Waals surface area contributed by atoms with E-state index in [-0.39, 0.29) is 11.6 Å². The minimum absolute atomic E-state index is 0.0626. The summed E-state index contributed by atoms with van der Waals surface area (Å²) in [4.78, 5) is 10.1. The average Bonchev–Trinajstić information content (AvgIpc) is 2.86. The van der Waals surface area contributed by atoms with Gasteiger partial charge >= 0.3 is 0 Å². The lowest BCUT2D eigenvalue weighted by Crippen LogP contribution is -2.29. The van der Waals surface area contributed by atoms with E-state index >= 15 is 0 Å². The van der Waals surface area contributed by atoms with Crippen LogP contribution in [0.2, 0.25) is 0 Å². The van der Waals surface area contributed by atoms with E-state index in [0.717, 1.165) is 5.56 Å². The summed E-state index contributed by atoms with van der Waals surface area (Å²) >= 11 is 5.81. The molecule has 1 aliphatic heterocycles. The Morgan fingerprint density at radius 1 is 1.33 bits per heavy atom. The highest BCUT2D eigenvalue weighted by atomic mass is 35.5. The molecule has 1 fully saturated rings. The Hall–Kier alpha value is -1.43. The second-order valence-electron chi connectivity index (χ2n) is 3.82. The van der Waals surface area contributed by atoms with Gasteiger partial charge in [-0.25, -0.2) is 0 Å². The van der Waals surface area contributed by atoms with Crippen molar-refractivity contribution in [2.75, 3.05) is 19.1 Å². The summed E-state index contributed by atoms with van der Waals surface area (Å²) in [6.45, 7) is 1.02. The zero-order chi connectivity index (χ0) is 13.0. The molecule has 0 N–H and O–H groups in total. The topological polar surface area (TPSA) is 61.6 Å². The molecule has 1 aromatic carbocycles. The normalized spacial score (nSPS) is 18.3. The summed E-state index contributed by atoms with van der Waals surface area (Å²) in [5.41, 5.74) is 0.886. The van der Waals surface area contributed by atoms with Gasteiger partial charge in [-0.2, -0.15) is 0 Å². The molecule has 6 heteroatoms. The summed E-state index contributed by atoms with van der Waals surface area (Å²) in [7, 11) is 0. The molecule has 0 spiro atoms. The van der Waals surface area contributed by atoms with Gasteiger partial charge in [0, 0.05) is 12.1 Å². The van der Waals surface area contributed by atoms with Crippen molar-refractivity contribution in [3.63, 3.8) is 0 Å². The van der Waals surface area contributed by atoms with E-state index < -0.39 is 10.7 Å². The predicted octanol–water partition coefficient (Wildman–Crippen LogP) is 2.59. The molecule has 0 unspecified atom stereocenters. The van der Waals surface area contributed by atoms with Crippen LogP contribution in [0.4, 0.5) is 5.69 Å². The first kappa shape index (κ1) is 13.0. The molecule has 2 rings (SSSR count).